The molecule has 1 fully saturated rings. The third-order valence-electron chi connectivity index (χ3n) is 4.83. The molecule has 0 aromatic heterocycles. The van der Waals surface area contributed by atoms with Gasteiger partial charge in [0.05, 0.1) is 13.7 Å². The summed E-state index contributed by atoms with van der Waals surface area (Å²) in [7, 11) is 1.71. The van der Waals surface area contributed by atoms with Crippen molar-refractivity contribution in [2.24, 2.45) is 11.8 Å². The molecule has 2 rings (SSSR count). The molecule has 0 aliphatic heterocycles. The topological polar surface area (TPSA) is 30.5 Å². The Morgan fingerprint density at radius 1 is 1.24 bits per heavy atom. The molecule has 1 N–H and O–H groups in total. The fraction of sp³-hybridized carbons (Fsp3) is 0.667. The van der Waals surface area contributed by atoms with Gasteiger partial charge in [-0.15, -0.1) is 0 Å². The third-order valence-corrected chi connectivity index (χ3v) is 4.83. The van der Waals surface area contributed by atoms with Gasteiger partial charge in [0.1, 0.15) is 0 Å². The summed E-state index contributed by atoms with van der Waals surface area (Å²) in [5, 5.41) is 3.73. The van der Waals surface area contributed by atoms with Crippen LogP contribution in [-0.4, -0.2) is 19.8 Å². The number of rotatable bonds is 6. The summed E-state index contributed by atoms with van der Waals surface area (Å²) in [5.41, 5.74) is 1.17. The van der Waals surface area contributed by atoms with E-state index < -0.39 is 0 Å². The fourth-order valence-electron chi connectivity index (χ4n) is 3.31. The van der Waals surface area contributed by atoms with Crippen LogP contribution < -0.4 is 14.8 Å². The molecule has 1 aromatic carbocycles. The van der Waals surface area contributed by atoms with Gasteiger partial charge in [-0.1, -0.05) is 38.8 Å². The lowest BCUT2D eigenvalue weighted by atomic mass is 9.78. The minimum atomic E-state index is 0.606. The molecular weight excluding hydrogens is 262 g/mol. The second-order valence-corrected chi connectivity index (χ2v) is 6.14. The lowest BCUT2D eigenvalue weighted by Gasteiger charge is -2.35. The van der Waals surface area contributed by atoms with Crippen LogP contribution in [-0.2, 0) is 6.54 Å². The van der Waals surface area contributed by atoms with Crippen LogP contribution in [0.3, 0.4) is 0 Å². The molecule has 3 nitrogen and oxygen atoms in total. The van der Waals surface area contributed by atoms with Crippen LogP contribution in [0.2, 0.25) is 0 Å². The number of benzene rings is 1. The predicted octanol–water partition coefficient (Wildman–Crippen LogP) is 4.01. The Labute approximate surface area is 129 Å². The van der Waals surface area contributed by atoms with E-state index in [1.165, 1.54) is 24.8 Å². The molecule has 0 saturated heterocycles. The van der Waals surface area contributed by atoms with Crippen molar-refractivity contribution in [2.75, 3.05) is 13.7 Å². The highest BCUT2D eigenvalue weighted by Gasteiger charge is 2.26. The molecule has 1 saturated carbocycles. The van der Waals surface area contributed by atoms with Crippen molar-refractivity contribution < 1.29 is 9.47 Å². The van der Waals surface area contributed by atoms with Gasteiger partial charge in [-0.05, 0) is 31.2 Å². The third kappa shape index (κ3) is 3.91. The van der Waals surface area contributed by atoms with Crippen LogP contribution in [0.25, 0.3) is 0 Å². The summed E-state index contributed by atoms with van der Waals surface area (Å²) >= 11 is 0. The van der Waals surface area contributed by atoms with E-state index >= 15 is 0 Å². The second-order valence-electron chi connectivity index (χ2n) is 6.14. The standard InChI is InChI=1S/C18H29NO2/c1-5-21-17-11-7-9-15(18(17)20-4)12-19-16-10-6-8-13(2)14(16)3/h7,9,11,13-14,16,19H,5-6,8,10,12H2,1-4H3. The highest BCUT2D eigenvalue weighted by atomic mass is 16.5. The van der Waals surface area contributed by atoms with Gasteiger partial charge >= 0.3 is 0 Å². The van der Waals surface area contributed by atoms with Crippen LogP contribution in [0.1, 0.15) is 45.6 Å². The van der Waals surface area contributed by atoms with Gasteiger partial charge in [0, 0.05) is 18.2 Å². The Morgan fingerprint density at radius 2 is 2.05 bits per heavy atom. The average Bonchev–Trinajstić information content (AvgIpc) is 2.49. The monoisotopic (exact) mass is 291 g/mol. The highest BCUT2D eigenvalue weighted by Crippen LogP contribution is 2.33. The van der Waals surface area contributed by atoms with Crippen molar-refractivity contribution in [1.82, 2.24) is 5.32 Å². The Morgan fingerprint density at radius 3 is 2.76 bits per heavy atom. The van der Waals surface area contributed by atoms with E-state index in [-0.39, 0.29) is 0 Å². The first-order valence-corrected chi connectivity index (χ1v) is 8.19. The van der Waals surface area contributed by atoms with Gasteiger partial charge in [0.2, 0.25) is 0 Å². The first-order valence-electron chi connectivity index (χ1n) is 8.19. The quantitative estimate of drug-likeness (QED) is 0.859. The molecule has 0 radical (unpaired) electrons. The summed E-state index contributed by atoms with van der Waals surface area (Å²) < 4.78 is 11.2. The minimum absolute atomic E-state index is 0.606. The number of methoxy groups -OCH3 is 1. The van der Waals surface area contributed by atoms with E-state index in [2.05, 4.69) is 25.2 Å². The Hall–Kier alpha value is -1.22. The van der Waals surface area contributed by atoms with Crippen molar-refractivity contribution in [1.29, 1.82) is 0 Å². The normalized spacial score (nSPS) is 25.6. The number of ether oxygens (including phenoxy) is 2. The first-order chi connectivity index (χ1) is 10.2. The lowest BCUT2D eigenvalue weighted by molar-refractivity contribution is 0.205. The zero-order chi connectivity index (χ0) is 15.2. The maximum atomic E-state index is 5.65. The SMILES string of the molecule is CCOc1cccc(CNC2CCCC(C)C2C)c1OC. The summed E-state index contributed by atoms with van der Waals surface area (Å²) in [4.78, 5) is 0. The van der Waals surface area contributed by atoms with Crippen molar-refractivity contribution in [3.05, 3.63) is 23.8 Å². The van der Waals surface area contributed by atoms with Crippen molar-refractivity contribution in [3.63, 3.8) is 0 Å². The molecule has 118 valence electrons. The van der Waals surface area contributed by atoms with E-state index in [1.54, 1.807) is 7.11 Å². The van der Waals surface area contributed by atoms with Gasteiger partial charge in [0.15, 0.2) is 11.5 Å². The summed E-state index contributed by atoms with van der Waals surface area (Å²) in [6.07, 6.45) is 3.97. The summed E-state index contributed by atoms with van der Waals surface area (Å²) in [5.74, 6) is 3.25. The zero-order valence-electron chi connectivity index (χ0n) is 13.8. The van der Waals surface area contributed by atoms with Gasteiger partial charge in [0.25, 0.3) is 0 Å². The molecule has 1 aromatic rings. The van der Waals surface area contributed by atoms with Crippen LogP contribution in [0.5, 0.6) is 11.5 Å². The van der Waals surface area contributed by atoms with Crippen LogP contribution >= 0.6 is 0 Å². The van der Waals surface area contributed by atoms with E-state index in [9.17, 15) is 0 Å². The molecule has 0 amide bonds. The smallest absolute Gasteiger partial charge is 0.165 e. The minimum Gasteiger partial charge on any atom is -0.493 e. The maximum absolute atomic E-state index is 5.65. The zero-order valence-corrected chi connectivity index (χ0v) is 13.8. The van der Waals surface area contributed by atoms with Crippen LogP contribution in [0.15, 0.2) is 18.2 Å². The molecule has 3 unspecified atom stereocenters. The number of hydrogen-bond acceptors (Lipinski definition) is 3. The van der Waals surface area contributed by atoms with E-state index in [4.69, 9.17) is 9.47 Å². The lowest BCUT2D eigenvalue weighted by Crippen LogP contribution is -2.40. The maximum Gasteiger partial charge on any atom is 0.165 e. The molecule has 0 spiro atoms. The molecule has 0 heterocycles. The summed E-state index contributed by atoms with van der Waals surface area (Å²) in [6.45, 7) is 8.23. The molecule has 1 aliphatic carbocycles. The molecule has 3 atom stereocenters. The average molecular weight is 291 g/mol. The van der Waals surface area contributed by atoms with Gasteiger partial charge < -0.3 is 14.8 Å². The number of nitrogens with one attached hydrogen (secondary N) is 1. The van der Waals surface area contributed by atoms with Gasteiger partial charge in [-0.25, -0.2) is 0 Å². The van der Waals surface area contributed by atoms with Crippen molar-refractivity contribution >= 4 is 0 Å². The van der Waals surface area contributed by atoms with Crippen molar-refractivity contribution in [2.45, 2.75) is 52.6 Å². The number of para-hydroxylation sites is 1. The van der Waals surface area contributed by atoms with E-state index in [1.807, 2.05) is 19.1 Å². The number of hydrogen-bond donors (Lipinski definition) is 1. The summed E-state index contributed by atoms with van der Waals surface area (Å²) in [6, 6.07) is 6.73. The van der Waals surface area contributed by atoms with Gasteiger partial charge in [-0.3, -0.25) is 0 Å². The van der Waals surface area contributed by atoms with Gasteiger partial charge in [-0.2, -0.15) is 0 Å². The first kappa shape index (κ1) is 16.2. The molecule has 21 heavy (non-hydrogen) atoms. The Balaban J connectivity index is 2.04. The Bertz CT molecular complexity index is 447. The largest absolute Gasteiger partial charge is 0.493 e. The van der Waals surface area contributed by atoms with E-state index in [0.29, 0.717) is 12.6 Å². The fourth-order valence-corrected chi connectivity index (χ4v) is 3.31. The van der Waals surface area contributed by atoms with Crippen molar-refractivity contribution in [3.8, 4) is 11.5 Å². The molecule has 3 heteroatoms. The van der Waals surface area contributed by atoms with Crippen LogP contribution in [0.4, 0.5) is 0 Å². The Kier molecular flexibility index (Phi) is 5.92. The molecule has 0 bridgehead atoms. The highest BCUT2D eigenvalue weighted by molar-refractivity contribution is 5.46. The van der Waals surface area contributed by atoms with Crippen LogP contribution in [0, 0.1) is 11.8 Å². The predicted molar refractivity (Wildman–Crippen MR) is 87.0 cm³/mol. The molecule has 1 aliphatic rings. The van der Waals surface area contributed by atoms with E-state index in [0.717, 1.165) is 29.9 Å². The molecular formula is C18H29NO2. The second kappa shape index (κ2) is 7.69.